The molecule has 1 rings (SSSR count). The molecule has 72 valence electrons. The van der Waals surface area contributed by atoms with Gasteiger partial charge in [0.25, 0.3) is 0 Å². The Morgan fingerprint density at radius 3 is 2.77 bits per heavy atom. The third-order valence-corrected chi connectivity index (χ3v) is 2.05. The zero-order chi connectivity index (χ0) is 9.84. The third kappa shape index (κ3) is 2.64. The molecule has 4 heteroatoms. The first-order valence-electron chi connectivity index (χ1n) is 4.10. The molecule has 3 nitrogen and oxygen atoms in total. The van der Waals surface area contributed by atoms with Gasteiger partial charge in [-0.2, -0.15) is 0 Å². The predicted molar refractivity (Wildman–Crippen MR) is 51.8 cm³/mol. The zero-order valence-corrected chi connectivity index (χ0v) is 8.80. The third-order valence-electron chi connectivity index (χ3n) is 1.78. The number of hydrogen-bond donors (Lipinski definition) is 0. The molecule has 0 bridgehead atoms. The Labute approximate surface area is 83.1 Å². The van der Waals surface area contributed by atoms with Gasteiger partial charge in [-0.1, -0.05) is 0 Å². The van der Waals surface area contributed by atoms with Crippen molar-refractivity contribution in [3.05, 3.63) is 23.3 Å². The first-order valence-corrected chi connectivity index (χ1v) is 4.64. The van der Waals surface area contributed by atoms with Crippen molar-refractivity contribution in [2.45, 2.75) is 25.8 Å². The van der Waals surface area contributed by atoms with Gasteiger partial charge in [-0.25, -0.2) is 9.97 Å². The van der Waals surface area contributed by atoms with E-state index in [2.05, 4.69) is 9.97 Å². The number of aromatic nitrogens is 2. The minimum atomic E-state index is -0.0816. The number of ether oxygens (including phenoxy) is 1. The topological polar surface area (TPSA) is 35.0 Å². The Hall–Kier alpha value is -0.670. The van der Waals surface area contributed by atoms with Gasteiger partial charge in [0.1, 0.15) is 6.10 Å². The minimum absolute atomic E-state index is 0.0816. The van der Waals surface area contributed by atoms with Gasteiger partial charge in [0, 0.05) is 12.8 Å². The molecular weight excluding hydrogens is 188 g/mol. The molecule has 0 radical (unpaired) electrons. The van der Waals surface area contributed by atoms with Crippen LogP contribution in [0.3, 0.4) is 0 Å². The average molecular weight is 201 g/mol. The highest BCUT2D eigenvalue weighted by Crippen LogP contribution is 2.12. The Kier molecular flexibility index (Phi) is 3.63. The second-order valence-corrected chi connectivity index (χ2v) is 3.14. The van der Waals surface area contributed by atoms with E-state index in [-0.39, 0.29) is 6.10 Å². The van der Waals surface area contributed by atoms with Crippen molar-refractivity contribution in [3.8, 4) is 0 Å². The molecule has 0 aliphatic heterocycles. The van der Waals surface area contributed by atoms with Gasteiger partial charge in [0.15, 0.2) is 5.82 Å². The number of halogens is 1. The molecule has 0 aromatic carbocycles. The molecule has 0 saturated carbocycles. The van der Waals surface area contributed by atoms with Crippen molar-refractivity contribution in [2.24, 2.45) is 0 Å². The molecule has 0 aliphatic carbocycles. The van der Waals surface area contributed by atoms with E-state index in [9.17, 15) is 0 Å². The van der Waals surface area contributed by atoms with E-state index >= 15 is 0 Å². The fourth-order valence-corrected chi connectivity index (χ4v) is 1.15. The van der Waals surface area contributed by atoms with Crippen LogP contribution >= 0.6 is 11.6 Å². The van der Waals surface area contributed by atoms with Crippen LogP contribution in [0.15, 0.2) is 6.07 Å². The maximum atomic E-state index is 5.69. The van der Waals surface area contributed by atoms with Gasteiger partial charge in [0.05, 0.1) is 11.6 Å². The van der Waals surface area contributed by atoms with Crippen LogP contribution in [0.25, 0.3) is 0 Å². The van der Waals surface area contributed by atoms with Gasteiger partial charge >= 0.3 is 0 Å². The highest BCUT2D eigenvalue weighted by atomic mass is 35.5. The number of hydrogen-bond acceptors (Lipinski definition) is 3. The van der Waals surface area contributed by atoms with Crippen molar-refractivity contribution >= 4 is 11.6 Å². The summed E-state index contributed by atoms with van der Waals surface area (Å²) >= 11 is 5.69. The molecule has 0 aliphatic rings. The van der Waals surface area contributed by atoms with E-state index in [0.717, 1.165) is 11.4 Å². The van der Waals surface area contributed by atoms with E-state index in [1.165, 1.54) is 0 Å². The van der Waals surface area contributed by atoms with Crippen molar-refractivity contribution in [3.63, 3.8) is 0 Å². The lowest BCUT2D eigenvalue weighted by molar-refractivity contribution is 0.111. The molecule has 0 fully saturated rings. The standard InChI is InChI=1S/C9H13ClN2O/c1-6-4-8(5-10)12-9(11-6)7(2)13-3/h4,7H,5H2,1-3H3. The molecule has 1 aromatic rings. The van der Waals surface area contributed by atoms with Crippen LogP contribution in [0.4, 0.5) is 0 Å². The Morgan fingerprint density at radius 2 is 2.23 bits per heavy atom. The SMILES string of the molecule is COC(C)c1nc(C)cc(CCl)n1. The molecule has 13 heavy (non-hydrogen) atoms. The number of aryl methyl sites for hydroxylation is 1. The molecule has 1 unspecified atom stereocenters. The smallest absolute Gasteiger partial charge is 0.157 e. The fraction of sp³-hybridized carbons (Fsp3) is 0.556. The number of alkyl halides is 1. The van der Waals surface area contributed by atoms with Crippen LogP contribution in [0, 0.1) is 6.92 Å². The van der Waals surface area contributed by atoms with Gasteiger partial charge in [-0.15, -0.1) is 11.6 Å². The average Bonchev–Trinajstić information content (AvgIpc) is 2.15. The Bertz CT molecular complexity index is 291. The molecule has 1 heterocycles. The lowest BCUT2D eigenvalue weighted by atomic mass is 10.3. The largest absolute Gasteiger partial charge is 0.374 e. The maximum Gasteiger partial charge on any atom is 0.157 e. The summed E-state index contributed by atoms with van der Waals surface area (Å²) in [7, 11) is 1.64. The van der Waals surface area contributed by atoms with Crippen molar-refractivity contribution < 1.29 is 4.74 Å². The van der Waals surface area contributed by atoms with Crippen molar-refractivity contribution in [1.29, 1.82) is 0 Å². The number of nitrogens with zero attached hydrogens (tertiary/aromatic N) is 2. The highest BCUT2D eigenvalue weighted by molar-refractivity contribution is 6.16. The number of methoxy groups -OCH3 is 1. The van der Waals surface area contributed by atoms with Crippen LogP contribution in [0.1, 0.15) is 30.2 Å². The lowest BCUT2D eigenvalue weighted by Crippen LogP contribution is -2.05. The van der Waals surface area contributed by atoms with E-state index < -0.39 is 0 Å². The first kappa shape index (κ1) is 10.4. The summed E-state index contributed by atoms with van der Waals surface area (Å²) in [4.78, 5) is 8.51. The van der Waals surface area contributed by atoms with Gasteiger partial charge in [0.2, 0.25) is 0 Å². The van der Waals surface area contributed by atoms with Crippen LogP contribution in [-0.4, -0.2) is 17.1 Å². The minimum Gasteiger partial charge on any atom is -0.374 e. The van der Waals surface area contributed by atoms with Crippen LogP contribution < -0.4 is 0 Å². The molecule has 1 atom stereocenters. The fourth-order valence-electron chi connectivity index (χ4n) is 1.01. The van der Waals surface area contributed by atoms with Crippen molar-refractivity contribution in [1.82, 2.24) is 9.97 Å². The van der Waals surface area contributed by atoms with E-state index in [4.69, 9.17) is 16.3 Å². The van der Waals surface area contributed by atoms with Crippen LogP contribution in [0.2, 0.25) is 0 Å². The monoisotopic (exact) mass is 200 g/mol. The Morgan fingerprint density at radius 1 is 1.54 bits per heavy atom. The summed E-state index contributed by atoms with van der Waals surface area (Å²) in [5.41, 5.74) is 1.76. The Balaban J connectivity index is 3.01. The second-order valence-electron chi connectivity index (χ2n) is 2.87. The quantitative estimate of drug-likeness (QED) is 0.702. The van der Waals surface area contributed by atoms with Crippen molar-refractivity contribution in [2.75, 3.05) is 7.11 Å². The maximum absolute atomic E-state index is 5.69. The molecule has 0 N–H and O–H groups in total. The van der Waals surface area contributed by atoms with Gasteiger partial charge < -0.3 is 4.74 Å². The van der Waals surface area contributed by atoms with E-state index in [1.54, 1.807) is 7.11 Å². The van der Waals surface area contributed by atoms with Gasteiger partial charge in [-0.3, -0.25) is 0 Å². The summed E-state index contributed by atoms with van der Waals surface area (Å²) < 4.78 is 5.12. The van der Waals surface area contributed by atoms with E-state index in [0.29, 0.717) is 11.7 Å². The summed E-state index contributed by atoms with van der Waals surface area (Å²) in [6.45, 7) is 3.83. The molecule has 0 amide bonds. The second kappa shape index (κ2) is 4.53. The molecule has 0 spiro atoms. The number of rotatable bonds is 3. The van der Waals surface area contributed by atoms with Crippen LogP contribution in [0.5, 0.6) is 0 Å². The normalized spacial score (nSPS) is 12.9. The highest BCUT2D eigenvalue weighted by Gasteiger charge is 2.08. The summed E-state index contributed by atoms with van der Waals surface area (Å²) in [6.07, 6.45) is -0.0816. The van der Waals surface area contributed by atoms with Crippen LogP contribution in [-0.2, 0) is 10.6 Å². The summed E-state index contributed by atoms with van der Waals surface area (Å²) in [6, 6.07) is 1.87. The molecule has 1 aromatic heterocycles. The molecular formula is C9H13ClN2O. The summed E-state index contributed by atoms with van der Waals surface area (Å²) in [5.74, 6) is 1.10. The molecule has 0 saturated heterocycles. The zero-order valence-electron chi connectivity index (χ0n) is 8.04. The first-order chi connectivity index (χ1) is 6.17. The van der Waals surface area contributed by atoms with Gasteiger partial charge in [-0.05, 0) is 19.9 Å². The summed E-state index contributed by atoms with van der Waals surface area (Å²) in [5, 5.41) is 0. The van der Waals surface area contributed by atoms with E-state index in [1.807, 2.05) is 19.9 Å². The predicted octanol–water partition coefficient (Wildman–Crippen LogP) is 2.23. The lowest BCUT2D eigenvalue weighted by Gasteiger charge is -2.09.